The third-order valence-electron chi connectivity index (χ3n) is 2.51. The largest absolute Gasteiger partial charge is 0.507 e. The number of phenols is 2. The lowest BCUT2D eigenvalue weighted by Gasteiger charge is -2.07. The maximum atomic E-state index is 9.81. The molecule has 4 nitrogen and oxygen atoms in total. The van der Waals surface area contributed by atoms with Crippen LogP contribution in [0.2, 0.25) is 0 Å². The van der Waals surface area contributed by atoms with Crippen molar-refractivity contribution >= 4 is 6.21 Å². The van der Waals surface area contributed by atoms with Gasteiger partial charge in [-0.25, -0.2) is 0 Å². The predicted octanol–water partition coefficient (Wildman–Crippen LogP) is 2.21. The van der Waals surface area contributed by atoms with E-state index in [1.807, 2.05) is 0 Å². The van der Waals surface area contributed by atoms with Gasteiger partial charge in [-0.3, -0.25) is 4.99 Å². The van der Waals surface area contributed by atoms with Crippen LogP contribution in [0.1, 0.15) is 17.4 Å². The standard InChI is InChI=1S/C14H13NO3/c16-12-7-3-1-5-10(12)9-15-14(18)11-6-2-4-8-13(11)17/h1-9,14,16-18H/b15-9+. The number of nitrogens with zero attached hydrogens (tertiary/aromatic N) is 1. The highest BCUT2D eigenvalue weighted by Crippen LogP contribution is 2.24. The summed E-state index contributed by atoms with van der Waals surface area (Å²) in [5.41, 5.74) is 0.830. The van der Waals surface area contributed by atoms with Crippen LogP contribution in [0.4, 0.5) is 0 Å². The van der Waals surface area contributed by atoms with E-state index in [4.69, 9.17) is 0 Å². The first kappa shape index (κ1) is 12.1. The maximum absolute atomic E-state index is 9.81. The average molecular weight is 243 g/mol. The van der Waals surface area contributed by atoms with Crippen molar-refractivity contribution in [2.75, 3.05) is 0 Å². The first-order valence-corrected chi connectivity index (χ1v) is 5.45. The highest BCUT2D eigenvalue weighted by molar-refractivity contribution is 5.83. The Hall–Kier alpha value is -2.33. The molecular weight excluding hydrogens is 230 g/mol. The van der Waals surface area contributed by atoms with Gasteiger partial charge in [-0.2, -0.15) is 0 Å². The fourth-order valence-corrected chi connectivity index (χ4v) is 1.53. The first-order valence-electron chi connectivity index (χ1n) is 5.45. The minimum Gasteiger partial charge on any atom is -0.507 e. The van der Waals surface area contributed by atoms with Gasteiger partial charge in [0.25, 0.3) is 0 Å². The molecule has 2 aromatic rings. The Morgan fingerprint density at radius 2 is 1.50 bits per heavy atom. The summed E-state index contributed by atoms with van der Waals surface area (Å²) in [6.45, 7) is 0. The highest BCUT2D eigenvalue weighted by Gasteiger charge is 2.09. The van der Waals surface area contributed by atoms with Gasteiger partial charge in [0.1, 0.15) is 11.5 Å². The van der Waals surface area contributed by atoms with E-state index < -0.39 is 6.23 Å². The van der Waals surface area contributed by atoms with Crippen molar-refractivity contribution in [1.82, 2.24) is 0 Å². The molecular formula is C14H13NO3. The molecule has 0 bridgehead atoms. The van der Waals surface area contributed by atoms with Crippen molar-refractivity contribution in [3.63, 3.8) is 0 Å². The van der Waals surface area contributed by atoms with Gasteiger partial charge >= 0.3 is 0 Å². The SMILES string of the molecule is Oc1ccccc1/C=N/C(O)c1ccccc1O. The maximum Gasteiger partial charge on any atom is 0.174 e. The van der Waals surface area contributed by atoms with Gasteiger partial charge in [-0.15, -0.1) is 0 Å². The van der Waals surface area contributed by atoms with E-state index in [1.165, 1.54) is 18.3 Å². The van der Waals surface area contributed by atoms with Gasteiger partial charge in [-0.05, 0) is 18.2 Å². The van der Waals surface area contributed by atoms with E-state index in [0.717, 1.165) is 0 Å². The summed E-state index contributed by atoms with van der Waals surface area (Å²) in [7, 11) is 0. The Kier molecular flexibility index (Phi) is 3.60. The van der Waals surface area contributed by atoms with Gasteiger partial charge < -0.3 is 15.3 Å². The Balaban J connectivity index is 2.20. The Labute approximate surface area is 104 Å². The zero-order valence-corrected chi connectivity index (χ0v) is 9.56. The molecule has 0 spiro atoms. The zero-order valence-electron chi connectivity index (χ0n) is 9.56. The van der Waals surface area contributed by atoms with Gasteiger partial charge in [0.15, 0.2) is 6.23 Å². The van der Waals surface area contributed by atoms with E-state index >= 15 is 0 Å². The third-order valence-corrected chi connectivity index (χ3v) is 2.51. The molecule has 0 radical (unpaired) electrons. The Morgan fingerprint density at radius 1 is 0.889 bits per heavy atom. The highest BCUT2D eigenvalue weighted by atomic mass is 16.3. The van der Waals surface area contributed by atoms with Crippen LogP contribution in [0.5, 0.6) is 11.5 Å². The van der Waals surface area contributed by atoms with Crippen LogP contribution in [0.15, 0.2) is 53.5 Å². The normalized spacial score (nSPS) is 12.7. The topological polar surface area (TPSA) is 73.1 Å². The number of benzene rings is 2. The fourth-order valence-electron chi connectivity index (χ4n) is 1.53. The quantitative estimate of drug-likeness (QED) is 0.723. The smallest absolute Gasteiger partial charge is 0.174 e. The van der Waals surface area contributed by atoms with Crippen molar-refractivity contribution in [2.24, 2.45) is 4.99 Å². The Morgan fingerprint density at radius 3 is 2.17 bits per heavy atom. The third kappa shape index (κ3) is 2.67. The molecule has 0 aromatic heterocycles. The molecule has 2 aromatic carbocycles. The van der Waals surface area contributed by atoms with Crippen LogP contribution in [0.25, 0.3) is 0 Å². The van der Waals surface area contributed by atoms with E-state index in [1.54, 1.807) is 36.4 Å². The molecule has 0 amide bonds. The van der Waals surface area contributed by atoms with Crippen LogP contribution >= 0.6 is 0 Å². The number of phenolic OH excluding ortho intramolecular Hbond substituents is 2. The van der Waals surface area contributed by atoms with Crippen molar-refractivity contribution in [1.29, 1.82) is 0 Å². The van der Waals surface area contributed by atoms with Gasteiger partial charge in [0.05, 0.1) is 0 Å². The van der Waals surface area contributed by atoms with Crippen LogP contribution in [-0.4, -0.2) is 21.5 Å². The molecule has 0 aliphatic carbocycles. The Bertz CT molecular complexity index is 566. The van der Waals surface area contributed by atoms with E-state index in [0.29, 0.717) is 11.1 Å². The molecule has 0 aliphatic heterocycles. The van der Waals surface area contributed by atoms with E-state index in [9.17, 15) is 15.3 Å². The second-order valence-corrected chi connectivity index (χ2v) is 3.77. The molecule has 0 fully saturated rings. The first-order chi connectivity index (χ1) is 8.68. The summed E-state index contributed by atoms with van der Waals surface area (Å²) < 4.78 is 0. The summed E-state index contributed by atoms with van der Waals surface area (Å²) in [5, 5.41) is 28.9. The van der Waals surface area contributed by atoms with Gasteiger partial charge in [-0.1, -0.05) is 30.3 Å². The lowest BCUT2D eigenvalue weighted by molar-refractivity contribution is 0.185. The van der Waals surface area contributed by atoms with Crippen LogP contribution in [0.3, 0.4) is 0 Å². The van der Waals surface area contributed by atoms with Crippen molar-refractivity contribution in [2.45, 2.75) is 6.23 Å². The fraction of sp³-hybridized carbons (Fsp3) is 0.0714. The lowest BCUT2D eigenvalue weighted by Crippen LogP contribution is -1.95. The minimum atomic E-state index is -1.16. The molecule has 92 valence electrons. The number of aromatic hydroxyl groups is 2. The van der Waals surface area contributed by atoms with Crippen LogP contribution < -0.4 is 0 Å². The average Bonchev–Trinajstić information content (AvgIpc) is 2.38. The molecule has 0 saturated carbocycles. The summed E-state index contributed by atoms with van der Waals surface area (Å²) in [6, 6.07) is 13.1. The lowest BCUT2D eigenvalue weighted by atomic mass is 10.1. The molecule has 3 N–H and O–H groups in total. The zero-order chi connectivity index (χ0) is 13.0. The van der Waals surface area contributed by atoms with Gasteiger partial charge in [0, 0.05) is 17.3 Å². The molecule has 0 saturated heterocycles. The number of aliphatic hydroxyl groups excluding tert-OH is 1. The molecule has 2 rings (SSSR count). The predicted molar refractivity (Wildman–Crippen MR) is 68.8 cm³/mol. The monoisotopic (exact) mass is 243 g/mol. The molecule has 18 heavy (non-hydrogen) atoms. The molecule has 1 atom stereocenters. The summed E-state index contributed by atoms with van der Waals surface area (Å²) in [4.78, 5) is 3.90. The second-order valence-electron chi connectivity index (χ2n) is 3.77. The van der Waals surface area contributed by atoms with Crippen molar-refractivity contribution in [3.05, 3.63) is 59.7 Å². The van der Waals surface area contributed by atoms with Crippen molar-refractivity contribution < 1.29 is 15.3 Å². The number of rotatable bonds is 3. The number of aliphatic hydroxyl groups is 1. The van der Waals surface area contributed by atoms with Crippen molar-refractivity contribution in [3.8, 4) is 11.5 Å². The summed E-state index contributed by atoms with van der Waals surface area (Å²) in [6.07, 6.45) is 0.206. The molecule has 0 heterocycles. The minimum absolute atomic E-state index is 0.0144. The van der Waals surface area contributed by atoms with Crippen LogP contribution in [0, 0.1) is 0 Å². The number of hydrogen-bond donors (Lipinski definition) is 3. The second kappa shape index (κ2) is 5.33. The van der Waals surface area contributed by atoms with E-state index in [2.05, 4.69) is 4.99 Å². The van der Waals surface area contributed by atoms with E-state index in [-0.39, 0.29) is 11.5 Å². The summed E-state index contributed by atoms with van der Waals surface area (Å²) in [5.74, 6) is 0.0742. The van der Waals surface area contributed by atoms with Crippen LogP contribution in [-0.2, 0) is 0 Å². The number of hydrogen-bond acceptors (Lipinski definition) is 4. The van der Waals surface area contributed by atoms with Gasteiger partial charge in [0.2, 0.25) is 0 Å². The molecule has 0 aliphatic rings. The molecule has 1 unspecified atom stereocenters. The number of para-hydroxylation sites is 2. The summed E-state index contributed by atoms with van der Waals surface area (Å²) >= 11 is 0. The number of aliphatic imine (C=N–C) groups is 1. The molecule has 4 heteroatoms.